The first-order valence-corrected chi connectivity index (χ1v) is 4.39. The van der Waals surface area contributed by atoms with E-state index in [9.17, 15) is 4.79 Å². The van der Waals surface area contributed by atoms with Crippen LogP contribution in [0.15, 0.2) is 16.5 Å². The summed E-state index contributed by atoms with van der Waals surface area (Å²) < 4.78 is 10.7. The van der Waals surface area contributed by atoms with Gasteiger partial charge in [0.1, 0.15) is 11.5 Å². The molecule has 0 aromatic carbocycles. The summed E-state index contributed by atoms with van der Waals surface area (Å²) in [5.74, 6) is 1.45. The van der Waals surface area contributed by atoms with E-state index in [1.807, 2.05) is 26.0 Å². The summed E-state index contributed by atoms with van der Waals surface area (Å²) in [4.78, 5) is 11.0. The summed E-state index contributed by atoms with van der Waals surface area (Å²) in [6.07, 6.45) is 1.19. The van der Waals surface area contributed by atoms with E-state index in [4.69, 9.17) is 9.15 Å². The maximum atomic E-state index is 11.0. The third-order valence-corrected chi connectivity index (χ3v) is 2.41. The Morgan fingerprint density at radius 2 is 2.23 bits per heavy atom. The Labute approximate surface area is 76.7 Å². The van der Waals surface area contributed by atoms with Gasteiger partial charge in [-0.05, 0) is 26.0 Å². The van der Waals surface area contributed by atoms with Crippen molar-refractivity contribution in [1.82, 2.24) is 0 Å². The Balaban J connectivity index is 2.30. The second kappa shape index (κ2) is 2.62. The standard InChI is InChI=1S/C10H12O3/c1-7-3-4-8(12-7)10(2)6-5-9(11)13-10/h3-4H,5-6H2,1-2H3/t10-/m1/s1. The molecule has 0 N–H and O–H groups in total. The molecule has 1 saturated heterocycles. The number of aryl methyl sites for hydroxylation is 1. The minimum Gasteiger partial charge on any atom is -0.462 e. The molecule has 1 aromatic rings. The summed E-state index contributed by atoms with van der Waals surface area (Å²) >= 11 is 0. The first-order valence-electron chi connectivity index (χ1n) is 4.39. The monoisotopic (exact) mass is 180 g/mol. The molecule has 0 saturated carbocycles. The zero-order valence-electron chi connectivity index (χ0n) is 7.79. The van der Waals surface area contributed by atoms with Crippen molar-refractivity contribution in [1.29, 1.82) is 0 Å². The fourth-order valence-electron chi connectivity index (χ4n) is 1.59. The SMILES string of the molecule is Cc1ccc([C@@]2(C)CCC(=O)O2)o1. The van der Waals surface area contributed by atoms with Crippen LogP contribution in [0.1, 0.15) is 31.3 Å². The van der Waals surface area contributed by atoms with E-state index < -0.39 is 5.60 Å². The van der Waals surface area contributed by atoms with E-state index >= 15 is 0 Å². The van der Waals surface area contributed by atoms with Crippen molar-refractivity contribution in [2.75, 3.05) is 0 Å². The van der Waals surface area contributed by atoms with E-state index in [0.717, 1.165) is 11.5 Å². The lowest BCUT2D eigenvalue weighted by atomic mass is 10.00. The lowest BCUT2D eigenvalue weighted by Gasteiger charge is -2.19. The topological polar surface area (TPSA) is 39.4 Å². The van der Waals surface area contributed by atoms with E-state index in [1.165, 1.54) is 0 Å². The van der Waals surface area contributed by atoms with Crippen LogP contribution in [-0.4, -0.2) is 5.97 Å². The molecule has 1 fully saturated rings. The van der Waals surface area contributed by atoms with Gasteiger partial charge in [0.05, 0.1) is 0 Å². The van der Waals surface area contributed by atoms with Crippen LogP contribution in [0.2, 0.25) is 0 Å². The van der Waals surface area contributed by atoms with Gasteiger partial charge in [0.15, 0.2) is 5.60 Å². The fourth-order valence-corrected chi connectivity index (χ4v) is 1.59. The number of carbonyl (C=O) groups is 1. The van der Waals surface area contributed by atoms with Crippen molar-refractivity contribution in [3.05, 3.63) is 23.7 Å². The second-order valence-electron chi connectivity index (χ2n) is 3.62. The van der Waals surface area contributed by atoms with Crippen LogP contribution in [0.25, 0.3) is 0 Å². The van der Waals surface area contributed by atoms with Crippen LogP contribution < -0.4 is 0 Å². The summed E-state index contributed by atoms with van der Waals surface area (Å²) in [6, 6.07) is 3.75. The predicted molar refractivity (Wildman–Crippen MR) is 46.1 cm³/mol. The lowest BCUT2D eigenvalue weighted by Crippen LogP contribution is -2.19. The average molecular weight is 180 g/mol. The molecule has 0 aliphatic carbocycles. The molecule has 70 valence electrons. The van der Waals surface area contributed by atoms with Crippen molar-refractivity contribution in [2.45, 2.75) is 32.3 Å². The van der Waals surface area contributed by atoms with Crippen molar-refractivity contribution in [2.24, 2.45) is 0 Å². The van der Waals surface area contributed by atoms with Crippen LogP contribution >= 0.6 is 0 Å². The van der Waals surface area contributed by atoms with Crippen LogP contribution in [0.4, 0.5) is 0 Å². The molecule has 3 heteroatoms. The third-order valence-electron chi connectivity index (χ3n) is 2.41. The fraction of sp³-hybridized carbons (Fsp3) is 0.500. The number of rotatable bonds is 1. The Kier molecular flexibility index (Phi) is 1.68. The van der Waals surface area contributed by atoms with Crippen molar-refractivity contribution >= 4 is 5.97 Å². The van der Waals surface area contributed by atoms with Gasteiger partial charge in [0, 0.05) is 12.8 Å². The molecule has 0 spiro atoms. The van der Waals surface area contributed by atoms with Crippen LogP contribution in [0.5, 0.6) is 0 Å². The molecule has 13 heavy (non-hydrogen) atoms. The quantitative estimate of drug-likeness (QED) is 0.621. The lowest BCUT2D eigenvalue weighted by molar-refractivity contribution is -0.149. The Morgan fingerprint density at radius 1 is 1.46 bits per heavy atom. The van der Waals surface area contributed by atoms with Gasteiger partial charge >= 0.3 is 5.97 Å². The first-order chi connectivity index (χ1) is 6.10. The van der Waals surface area contributed by atoms with Gasteiger partial charge in [0.2, 0.25) is 0 Å². The molecule has 3 nitrogen and oxygen atoms in total. The maximum absolute atomic E-state index is 11.0. The van der Waals surface area contributed by atoms with Gasteiger partial charge in [-0.2, -0.15) is 0 Å². The number of carbonyl (C=O) groups excluding carboxylic acids is 1. The highest BCUT2D eigenvalue weighted by atomic mass is 16.6. The number of ether oxygens (including phenoxy) is 1. The molecule has 0 bridgehead atoms. The van der Waals surface area contributed by atoms with Gasteiger partial charge < -0.3 is 9.15 Å². The first kappa shape index (κ1) is 8.35. The molecule has 0 unspecified atom stereocenters. The summed E-state index contributed by atoms with van der Waals surface area (Å²) in [5.41, 5.74) is -0.536. The Morgan fingerprint density at radius 3 is 2.69 bits per heavy atom. The normalized spacial score (nSPS) is 27.7. The molecule has 0 radical (unpaired) electrons. The summed E-state index contributed by atoms with van der Waals surface area (Å²) in [5, 5.41) is 0. The van der Waals surface area contributed by atoms with Gasteiger partial charge in [-0.15, -0.1) is 0 Å². The Hall–Kier alpha value is -1.25. The predicted octanol–water partition coefficient (Wildman–Crippen LogP) is 2.14. The van der Waals surface area contributed by atoms with Crippen molar-refractivity contribution in [3.8, 4) is 0 Å². The second-order valence-corrected chi connectivity index (χ2v) is 3.62. The van der Waals surface area contributed by atoms with E-state index in [2.05, 4.69) is 0 Å². The molecule has 1 atom stereocenters. The van der Waals surface area contributed by atoms with Gasteiger partial charge in [0.25, 0.3) is 0 Å². The molecule has 1 aromatic heterocycles. The average Bonchev–Trinajstić information content (AvgIpc) is 2.60. The molecule has 2 heterocycles. The van der Waals surface area contributed by atoms with Gasteiger partial charge in [-0.1, -0.05) is 0 Å². The summed E-state index contributed by atoms with van der Waals surface area (Å²) in [7, 11) is 0. The number of furan rings is 1. The highest BCUT2D eigenvalue weighted by Crippen LogP contribution is 2.36. The summed E-state index contributed by atoms with van der Waals surface area (Å²) in [6.45, 7) is 3.76. The van der Waals surface area contributed by atoms with Crippen LogP contribution in [-0.2, 0) is 15.1 Å². The highest BCUT2D eigenvalue weighted by Gasteiger charge is 2.39. The maximum Gasteiger partial charge on any atom is 0.306 e. The van der Waals surface area contributed by atoms with E-state index in [1.54, 1.807) is 0 Å². The van der Waals surface area contributed by atoms with Crippen LogP contribution in [0.3, 0.4) is 0 Å². The Bertz CT molecular complexity index is 340. The zero-order chi connectivity index (χ0) is 9.47. The molecule has 1 aliphatic rings. The molecule has 2 rings (SSSR count). The van der Waals surface area contributed by atoms with E-state index in [-0.39, 0.29) is 5.97 Å². The minimum atomic E-state index is -0.536. The largest absolute Gasteiger partial charge is 0.462 e. The number of cyclic esters (lactones) is 1. The molecule has 1 aliphatic heterocycles. The van der Waals surface area contributed by atoms with E-state index in [0.29, 0.717) is 12.8 Å². The highest BCUT2D eigenvalue weighted by molar-refractivity contribution is 5.72. The molecular formula is C10H12O3. The van der Waals surface area contributed by atoms with Gasteiger partial charge in [-0.3, -0.25) is 4.79 Å². The van der Waals surface area contributed by atoms with Crippen LogP contribution in [0, 0.1) is 6.92 Å². The molecule has 0 amide bonds. The van der Waals surface area contributed by atoms with Gasteiger partial charge in [-0.25, -0.2) is 0 Å². The smallest absolute Gasteiger partial charge is 0.306 e. The zero-order valence-corrected chi connectivity index (χ0v) is 7.79. The van der Waals surface area contributed by atoms with Crippen molar-refractivity contribution < 1.29 is 13.9 Å². The number of hydrogen-bond acceptors (Lipinski definition) is 3. The minimum absolute atomic E-state index is 0.142. The number of esters is 1. The van der Waals surface area contributed by atoms with Crippen molar-refractivity contribution in [3.63, 3.8) is 0 Å². The molecular weight excluding hydrogens is 168 g/mol. The number of hydrogen-bond donors (Lipinski definition) is 0. The third kappa shape index (κ3) is 1.34.